The highest BCUT2D eigenvalue weighted by Gasteiger charge is 2.06. The Morgan fingerprint density at radius 3 is 2.77 bits per heavy atom. The Morgan fingerprint density at radius 1 is 1.62 bits per heavy atom. The van der Waals surface area contributed by atoms with Crippen molar-refractivity contribution >= 4 is 5.97 Å². The monoisotopic (exact) mass is 183 g/mol. The molecule has 0 aliphatic carbocycles. The van der Waals surface area contributed by atoms with Gasteiger partial charge in [0, 0.05) is 12.3 Å². The summed E-state index contributed by atoms with van der Waals surface area (Å²) < 4.78 is 1.29. The van der Waals surface area contributed by atoms with Gasteiger partial charge in [-0.1, -0.05) is 0 Å². The molecule has 0 saturated carbocycles. The summed E-state index contributed by atoms with van der Waals surface area (Å²) in [5.41, 5.74) is -0.242. The van der Waals surface area contributed by atoms with Crippen LogP contribution in [-0.2, 0) is 11.3 Å². The van der Waals surface area contributed by atoms with E-state index >= 15 is 0 Å². The van der Waals surface area contributed by atoms with Gasteiger partial charge in [0.1, 0.15) is 6.54 Å². The molecule has 70 valence electrons. The number of pyridine rings is 1. The van der Waals surface area contributed by atoms with Gasteiger partial charge >= 0.3 is 5.97 Å². The molecule has 1 heterocycles. The highest BCUT2D eigenvalue weighted by atomic mass is 16.4. The summed E-state index contributed by atoms with van der Waals surface area (Å²) in [6.45, 7) is 1.22. The second-order valence-corrected chi connectivity index (χ2v) is 2.64. The first-order valence-corrected chi connectivity index (χ1v) is 3.63. The van der Waals surface area contributed by atoms with Gasteiger partial charge in [-0.05, 0) is 6.92 Å². The molecule has 0 bridgehead atoms. The first-order chi connectivity index (χ1) is 6.02. The van der Waals surface area contributed by atoms with Crippen LogP contribution >= 0.6 is 0 Å². The molecular weight excluding hydrogens is 174 g/mol. The van der Waals surface area contributed by atoms with Gasteiger partial charge in [-0.3, -0.25) is 9.59 Å². The standard InChI is InChI=1S/C8H9NO4/c1-5-8(13)6(10)2-3-9(5)4-7(11)12/h2-3,13H,4H2,1H3,(H,11,12). The third-order valence-electron chi connectivity index (χ3n) is 1.72. The largest absolute Gasteiger partial charge is 0.503 e. The number of hydrogen-bond acceptors (Lipinski definition) is 3. The molecule has 0 aliphatic rings. The molecule has 5 heteroatoms. The molecule has 1 aromatic rings. The van der Waals surface area contributed by atoms with Crippen LogP contribution in [0.1, 0.15) is 5.69 Å². The molecule has 0 aliphatic heterocycles. The van der Waals surface area contributed by atoms with Crippen molar-refractivity contribution < 1.29 is 15.0 Å². The Bertz CT molecular complexity index is 394. The van der Waals surface area contributed by atoms with Crippen molar-refractivity contribution in [2.45, 2.75) is 13.5 Å². The van der Waals surface area contributed by atoms with Crippen LogP contribution in [0.3, 0.4) is 0 Å². The van der Waals surface area contributed by atoms with Crippen molar-refractivity contribution in [1.82, 2.24) is 4.57 Å². The Labute approximate surface area is 73.9 Å². The third kappa shape index (κ3) is 1.87. The van der Waals surface area contributed by atoms with Crippen molar-refractivity contribution in [2.75, 3.05) is 0 Å². The van der Waals surface area contributed by atoms with Crippen LogP contribution in [0.25, 0.3) is 0 Å². The summed E-state index contributed by atoms with van der Waals surface area (Å²) in [5.74, 6) is -1.42. The minimum absolute atomic E-state index is 0.259. The number of rotatable bonds is 2. The van der Waals surface area contributed by atoms with Crippen LogP contribution in [0.5, 0.6) is 5.75 Å². The molecule has 13 heavy (non-hydrogen) atoms. The van der Waals surface area contributed by atoms with Crippen LogP contribution in [0, 0.1) is 6.92 Å². The Kier molecular flexibility index (Phi) is 2.36. The van der Waals surface area contributed by atoms with Gasteiger partial charge in [0.05, 0.1) is 5.69 Å². The van der Waals surface area contributed by atoms with Crippen LogP contribution < -0.4 is 5.43 Å². The lowest BCUT2D eigenvalue weighted by Gasteiger charge is -2.07. The van der Waals surface area contributed by atoms with Crippen LogP contribution in [-0.4, -0.2) is 20.7 Å². The lowest BCUT2D eigenvalue weighted by atomic mass is 10.3. The fourth-order valence-electron chi connectivity index (χ4n) is 0.980. The highest BCUT2D eigenvalue weighted by Crippen LogP contribution is 2.08. The quantitative estimate of drug-likeness (QED) is 0.673. The summed E-state index contributed by atoms with van der Waals surface area (Å²) in [6.07, 6.45) is 1.34. The maximum atomic E-state index is 10.9. The first kappa shape index (κ1) is 9.31. The number of aromatic nitrogens is 1. The van der Waals surface area contributed by atoms with Gasteiger partial charge in [-0.25, -0.2) is 0 Å². The first-order valence-electron chi connectivity index (χ1n) is 3.63. The molecule has 0 spiro atoms. The van der Waals surface area contributed by atoms with Crippen molar-refractivity contribution in [3.8, 4) is 5.75 Å². The zero-order valence-corrected chi connectivity index (χ0v) is 7.02. The molecule has 0 amide bonds. The predicted molar refractivity (Wildman–Crippen MR) is 44.7 cm³/mol. The SMILES string of the molecule is Cc1c(O)c(=O)ccn1CC(=O)O. The summed E-state index contributed by atoms with van der Waals surface area (Å²) in [4.78, 5) is 21.2. The number of nitrogens with zero attached hydrogens (tertiary/aromatic N) is 1. The molecule has 0 aromatic carbocycles. The van der Waals surface area contributed by atoms with E-state index in [0.717, 1.165) is 6.07 Å². The Hall–Kier alpha value is -1.78. The predicted octanol–water partition coefficient (Wildman–Crippen LogP) is -0.0531. The maximum Gasteiger partial charge on any atom is 0.323 e. The summed E-state index contributed by atoms with van der Waals surface area (Å²) >= 11 is 0. The number of carboxylic acid groups (broad SMARTS) is 1. The minimum Gasteiger partial charge on any atom is -0.503 e. The molecule has 0 saturated heterocycles. The van der Waals surface area contributed by atoms with E-state index in [1.165, 1.54) is 17.7 Å². The minimum atomic E-state index is -1.02. The maximum absolute atomic E-state index is 10.9. The average Bonchev–Trinajstić information content (AvgIpc) is 2.06. The number of aliphatic carboxylic acids is 1. The summed E-state index contributed by atoms with van der Waals surface area (Å²) in [7, 11) is 0. The smallest absolute Gasteiger partial charge is 0.323 e. The Balaban J connectivity index is 3.18. The van der Waals surface area contributed by atoms with Gasteiger partial charge < -0.3 is 14.8 Å². The van der Waals surface area contributed by atoms with Crippen LogP contribution in [0.2, 0.25) is 0 Å². The highest BCUT2D eigenvalue weighted by molar-refractivity contribution is 5.66. The number of aromatic hydroxyl groups is 1. The van der Waals surface area contributed by atoms with Crippen molar-refractivity contribution in [3.63, 3.8) is 0 Å². The molecule has 0 fully saturated rings. The van der Waals surface area contributed by atoms with E-state index < -0.39 is 17.1 Å². The van der Waals surface area contributed by atoms with E-state index in [-0.39, 0.29) is 12.2 Å². The van der Waals surface area contributed by atoms with Crippen LogP contribution in [0.4, 0.5) is 0 Å². The number of carboxylic acids is 1. The van der Waals surface area contributed by atoms with E-state index in [4.69, 9.17) is 5.11 Å². The molecule has 2 N–H and O–H groups in total. The van der Waals surface area contributed by atoms with Crippen LogP contribution in [0.15, 0.2) is 17.1 Å². The van der Waals surface area contributed by atoms with Gasteiger partial charge in [0.15, 0.2) is 5.75 Å². The lowest BCUT2D eigenvalue weighted by molar-refractivity contribution is -0.137. The molecule has 0 radical (unpaired) electrons. The van der Waals surface area contributed by atoms with Gasteiger partial charge in [-0.2, -0.15) is 0 Å². The third-order valence-corrected chi connectivity index (χ3v) is 1.72. The number of hydrogen-bond donors (Lipinski definition) is 2. The van der Waals surface area contributed by atoms with E-state index in [1.807, 2.05) is 0 Å². The molecule has 1 rings (SSSR count). The average molecular weight is 183 g/mol. The Morgan fingerprint density at radius 2 is 2.23 bits per heavy atom. The summed E-state index contributed by atoms with van der Waals surface area (Å²) in [6, 6.07) is 1.13. The second kappa shape index (κ2) is 3.30. The summed E-state index contributed by atoms with van der Waals surface area (Å²) in [5, 5.41) is 17.6. The van der Waals surface area contributed by atoms with Crippen molar-refractivity contribution in [1.29, 1.82) is 0 Å². The van der Waals surface area contributed by atoms with Gasteiger partial charge in [0.2, 0.25) is 5.43 Å². The molecule has 1 aromatic heterocycles. The second-order valence-electron chi connectivity index (χ2n) is 2.64. The normalized spacial score (nSPS) is 9.92. The van der Waals surface area contributed by atoms with Crippen molar-refractivity contribution in [2.24, 2.45) is 0 Å². The fraction of sp³-hybridized carbons (Fsp3) is 0.250. The zero-order valence-electron chi connectivity index (χ0n) is 7.02. The van der Waals surface area contributed by atoms with Gasteiger partial charge in [-0.15, -0.1) is 0 Å². The number of carbonyl (C=O) groups is 1. The molecule has 0 atom stereocenters. The van der Waals surface area contributed by atoms with Crippen molar-refractivity contribution in [3.05, 3.63) is 28.2 Å². The fourth-order valence-corrected chi connectivity index (χ4v) is 0.980. The molecule has 0 unspecified atom stereocenters. The van der Waals surface area contributed by atoms with E-state index in [2.05, 4.69) is 0 Å². The zero-order chi connectivity index (χ0) is 10.0. The van der Waals surface area contributed by atoms with E-state index in [0.29, 0.717) is 0 Å². The topological polar surface area (TPSA) is 79.5 Å². The molecular formula is C8H9NO4. The van der Waals surface area contributed by atoms with E-state index in [9.17, 15) is 14.7 Å². The molecule has 5 nitrogen and oxygen atoms in total. The van der Waals surface area contributed by atoms with Gasteiger partial charge in [0.25, 0.3) is 0 Å². The lowest BCUT2D eigenvalue weighted by Crippen LogP contribution is -2.14. The van der Waals surface area contributed by atoms with E-state index in [1.54, 1.807) is 0 Å².